The Morgan fingerprint density at radius 3 is 2.33 bits per heavy atom. The second-order valence-corrected chi connectivity index (χ2v) is 6.80. The quantitative estimate of drug-likeness (QED) is 0.619. The van der Waals surface area contributed by atoms with E-state index in [-0.39, 0.29) is 12.1 Å². The average Bonchev–Trinajstić information content (AvgIpc) is 2.37. The van der Waals surface area contributed by atoms with E-state index in [1.807, 2.05) is 0 Å². The highest BCUT2D eigenvalue weighted by atomic mass is 16.7. The van der Waals surface area contributed by atoms with Crippen molar-refractivity contribution in [3.63, 3.8) is 0 Å². The standard InChI is InChI=1S/C11H20O3.C5H9NO/c1-7(2)9-5-4-8(3)6-10(9)14-11(12)13;1-4-2-6-5(4)3-7/h7-10H,4-6H2,1-3H3,(H,12,13);3-6H,2H2,1H3/t;4?,5-/m.1/s1. The molecule has 4 unspecified atom stereocenters. The summed E-state index contributed by atoms with van der Waals surface area (Å²) < 4.78 is 4.95. The number of carbonyl (C=O) groups excluding carboxylic acids is 1. The third-order valence-corrected chi connectivity index (χ3v) is 4.65. The van der Waals surface area contributed by atoms with Crippen LogP contribution in [0.4, 0.5) is 4.79 Å². The molecule has 2 fully saturated rings. The van der Waals surface area contributed by atoms with Gasteiger partial charge in [-0.1, -0.05) is 34.1 Å². The van der Waals surface area contributed by atoms with Gasteiger partial charge in [-0.05, 0) is 36.5 Å². The van der Waals surface area contributed by atoms with Gasteiger partial charge in [0.25, 0.3) is 0 Å². The molecule has 0 radical (unpaired) electrons. The van der Waals surface area contributed by atoms with Crippen LogP contribution < -0.4 is 5.32 Å². The Hall–Kier alpha value is -1.10. The maximum Gasteiger partial charge on any atom is 0.506 e. The van der Waals surface area contributed by atoms with Crippen LogP contribution in [0.15, 0.2) is 0 Å². The number of carbonyl (C=O) groups is 2. The fraction of sp³-hybridized carbons (Fsp3) is 0.875. The van der Waals surface area contributed by atoms with Gasteiger partial charge in [0.2, 0.25) is 0 Å². The molecule has 5 atom stereocenters. The molecule has 0 spiro atoms. The average molecular weight is 299 g/mol. The minimum atomic E-state index is -1.13. The Kier molecular flexibility index (Phi) is 7.15. The van der Waals surface area contributed by atoms with Gasteiger partial charge in [-0.3, -0.25) is 0 Å². The van der Waals surface area contributed by atoms with Gasteiger partial charge in [0.15, 0.2) is 0 Å². The summed E-state index contributed by atoms with van der Waals surface area (Å²) in [6.45, 7) is 9.51. The third kappa shape index (κ3) is 5.65. The minimum Gasteiger partial charge on any atom is -0.450 e. The molecule has 1 heterocycles. The lowest BCUT2D eigenvalue weighted by molar-refractivity contribution is -0.112. The maximum atomic E-state index is 10.5. The smallest absolute Gasteiger partial charge is 0.450 e. The summed E-state index contributed by atoms with van der Waals surface area (Å²) in [5, 5.41) is 11.6. The molecule has 2 N–H and O–H groups in total. The van der Waals surface area contributed by atoms with Gasteiger partial charge in [0, 0.05) is 6.54 Å². The molecule has 0 amide bonds. The maximum absolute atomic E-state index is 10.5. The lowest BCUT2D eigenvalue weighted by Gasteiger charge is -2.35. The van der Waals surface area contributed by atoms with Gasteiger partial charge in [0.1, 0.15) is 12.4 Å². The second kappa shape index (κ2) is 8.37. The minimum absolute atomic E-state index is 0.0868. The summed E-state index contributed by atoms with van der Waals surface area (Å²) in [6.07, 6.45) is 2.92. The van der Waals surface area contributed by atoms with Crippen LogP contribution in [-0.2, 0) is 9.53 Å². The number of hydrogen-bond acceptors (Lipinski definition) is 4. The molecular formula is C16H29NO4. The first-order chi connectivity index (χ1) is 9.85. The highest BCUT2D eigenvalue weighted by Gasteiger charge is 2.33. The summed E-state index contributed by atoms with van der Waals surface area (Å²) in [4.78, 5) is 20.5. The zero-order valence-electron chi connectivity index (χ0n) is 13.5. The SMILES string of the molecule is CC1CCC(C(C)C)C(OC(=O)O)C1.CC1CN[C@@H]1C=O. The van der Waals surface area contributed by atoms with Crippen LogP contribution in [0, 0.1) is 23.7 Å². The van der Waals surface area contributed by atoms with E-state index < -0.39 is 6.16 Å². The predicted octanol–water partition coefficient (Wildman–Crippen LogP) is 2.94. The zero-order valence-corrected chi connectivity index (χ0v) is 13.5. The summed E-state index contributed by atoms with van der Waals surface area (Å²) in [5.41, 5.74) is 0. The Balaban J connectivity index is 0.000000262. The van der Waals surface area contributed by atoms with Crippen LogP contribution in [0.25, 0.3) is 0 Å². The van der Waals surface area contributed by atoms with E-state index in [4.69, 9.17) is 9.84 Å². The highest BCUT2D eigenvalue weighted by Crippen LogP contribution is 2.35. The molecule has 5 heteroatoms. The molecular weight excluding hydrogens is 270 g/mol. The number of ether oxygens (including phenoxy) is 1. The molecule has 5 nitrogen and oxygen atoms in total. The van der Waals surface area contributed by atoms with E-state index in [0.717, 1.165) is 25.7 Å². The van der Waals surface area contributed by atoms with E-state index in [0.29, 0.717) is 23.7 Å². The second-order valence-electron chi connectivity index (χ2n) is 6.80. The first kappa shape index (κ1) is 18.0. The van der Waals surface area contributed by atoms with Crippen LogP contribution in [-0.4, -0.2) is 36.2 Å². The van der Waals surface area contributed by atoms with Crippen molar-refractivity contribution in [3.05, 3.63) is 0 Å². The molecule has 0 aromatic heterocycles. The van der Waals surface area contributed by atoms with Crippen molar-refractivity contribution in [2.45, 2.75) is 59.1 Å². The van der Waals surface area contributed by atoms with Crippen LogP contribution in [0.3, 0.4) is 0 Å². The first-order valence-corrected chi connectivity index (χ1v) is 7.93. The molecule has 1 saturated carbocycles. The summed E-state index contributed by atoms with van der Waals surface area (Å²) >= 11 is 0. The number of hydrogen-bond donors (Lipinski definition) is 2. The van der Waals surface area contributed by atoms with Gasteiger partial charge in [-0.2, -0.15) is 0 Å². The van der Waals surface area contributed by atoms with Crippen LogP contribution in [0.5, 0.6) is 0 Å². The van der Waals surface area contributed by atoms with Gasteiger partial charge in [-0.25, -0.2) is 4.79 Å². The van der Waals surface area contributed by atoms with Crippen molar-refractivity contribution in [2.75, 3.05) is 6.54 Å². The van der Waals surface area contributed by atoms with Crippen molar-refractivity contribution in [2.24, 2.45) is 23.7 Å². The van der Waals surface area contributed by atoms with Crippen LogP contribution >= 0.6 is 0 Å². The van der Waals surface area contributed by atoms with Crippen molar-refractivity contribution in [1.29, 1.82) is 0 Å². The number of carboxylic acid groups (broad SMARTS) is 1. The van der Waals surface area contributed by atoms with Crippen molar-refractivity contribution < 1.29 is 19.4 Å². The Morgan fingerprint density at radius 1 is 1.33 bits per heavy atom. The third-order valence-electron chi connectivity index (χ3n) is 4.65. The van der Waals surface area contributed by atoms with E-state index in [2.05, 4.69) is 33.0 Å². The molecule has 0 aromatic carbocycles. The van der Waals surface area contributed by atoms with Gasteiger partial charge >= 0.3 is 6.16 Å². The van der Waals surface area contributed by atoms with E-state index in [9.17, 15) is 9.59 Å². The lowest BCUT2D eigenvalue weighted by Crippen LogP contribution is -2.52. The predicted molar refractivity (Wildman–Crippen MR) is 81.3 cm³/mol. The molecule has 0 bridgehead atoms. The molecule has 1 aliphatic carbocycles. The fourth-order valence-corrected chi connectivity index (χ4v) is 3.05. The van der Waals surface area contributed by atoms with Crippen molar-refractivity contribution >= 4 is 12.4 Å². The molecule has 0 aromatic rings. The fourth-order valence-electron chi connectivity index (χ4n) is 3.05. The lowest BCUT2D eigenvalue weighted by atomic mass is 9.75. The summed E-state index contributed by atoms with van der Waals surface area (Å²) in [6, 6.07) is 0.153. The monoisotopic (exact) mass is 299 g/mol. The largest absolute Gasteiger partial charge is 0.506 e. The van der Waals surface area contributed by atoms with Gasteiger partial charge in [0.05, 0.1) is 6.04 Å². The van der Waals surface area contributed by atoms with Gasteiger partial charge in [-0.15, -0.1) is 0 Å². The normalized spacial score (nSPS) is 35.2. The zero-order chi connectivity index (χ0) is 16.0. The highest BCUT2D eigenvalue weighted by molar-refractivity contribution is 5.59. The first-order valence-electron chi connectivity index (χ1n) is 7.93. The molecule has 122 valence electrons. The van der Waals surface area contributed by atoms with Crippen LogP contribution in [0.2, 0.25) is 0 Å². The molecule has 21 heavy (non-hydrogen) atoms. The Labute approximate surface area is 127 Å². The summed E-state index contributed by atoms with van der Waals surface area (Å²) in [5.74, 6) is 2.07. The van der Waals surface area contributed by atoms with Crippen molar-refractivity contribution in [1.82, 2.24) is 5.32 Å². The molecule has 1 aliphatic heterocycles. The Bertz CT molecular complexity index is 345. The van der Waals surface area contributed by atoms with E-state index >= 15 is 0 Å². The number of rotatable bonds is 3. The molecule has 1 saturated heterocycles. The molecule has 2 rings (SSSR count). The van der Waals surface area contributed by atoms with E-state index in [1.165, 1.54) is 6.42 Å². The topological polar surface area (TPSA) is 75.6 Å². The number of nitrogens with one attached hydrogen (secondary N) is 1. The molecule has 2 aliphatic rings. The summed E-state index contributed by atoms with van der Waals surface area (Å²) in [7, 11) is 0. The Morgan fingerprint density at radius 2 is 2.00 bits per heavy atom. The van der Waals surface area contributed by atoms with E-state index in [1.54, 1.807) is 0 Å². The van der Waals surface area contributed by atoms with Crippen LogP contribution in [0.1, 0.15) is 47.0 Å². The number of aldehydes is 1. The van der Waals surface area contributed by atoms with Crippen molar-refractivity contribution in [3.8, 4) is 0 Å². The van der Waals surface area contributed by atoms with Gasteiger partial charge < -0.3 is 20.0 Å².